The number of hydrogen-bond acceptors (Lipinski definition) is 2. The highest BCUT2D eigenvalue weighted by atomic mass is 15.0. The lowest BCUT2D eigenvalue weighted by Gasteiger charge is -1.97. The number of aromatic nitrogens is 2. The fourth-order valence-corrected chi connectivity index (χ4v) is 1.30. The molecule has 3 heteroatoms. The van der Waals surface area contributed by atoms with Gasteiger partial charge in [0.25, 0.3) is 0 Å². The molecule has 0 spiro atoms. The van der Waals surface area contributed by atoms with Gasteiger partial charge in [0, 0.05) is 24.5 Å². The Bertz CT molecular complexity index is 460. The highest BCUT2D eigenvalue weighted by molar-refractivity contribution is 5.51. The normalized spacial score (nSPS) is 10.6. The summed E-state index contributed by atoms with van der Waals surface area (Å²) in [6.07, 6.45) is 9.69. The summed E-state index contributed by atoms with van der Waals surface area (Å²) in [4.78, 5) is 4.16. The standard InChI is InChI=1S/C13H13N3/c1-16-10-6-12(7-11-16)5-9-15-13-4-2-3-8-14-13/h2-11H,1H3/p+1. The first kappa shape index (κ1) is 10.4. The molecule has 2 heterocycles. The van der Waals surface area contributed by atoms with Gasteiger partial charge in [0.05, 0.1) is 0 Å². The number of rotatable bonds is 3. The maximum Gasteiger partial charge on any atom is 0.169 e. The van der Waals surface area contributed by atoms with Crippen molar-refractivity contribution in [2.75, 3.05) is 5.32 Å². The predicted octanol–water partition coefficient (Wildman–Crippen LogP) is 1.99. The van der Waals surface area contributed by atoms with Gasteiger partial charge in [-0.15, -0.1) is 0 Å². The first-order valence-electron chi connectivity index (χ1n) is 5.14. The van der Waals surface area contributed by atoms with E-state index in [1.165, 1.54) is 0 Å². The second-order valence-electron chi connectivity index (χ2n) is 3.49. The molecule has 0 fully saturated rings. The summed E-state index contributed by atoms with van der Waals surface area (Å²) in [6, 6.07) is 9.88. The molecular formula is C13H14N3+. The van der Waals surface area contributed by atoms with Crippen LogP contribution in [-0.4, -0.2) is 4.98 Å². The molecule has 0 saturated carbocycles. The van der Waals surface area contributed by atoms with Gasteiger partial charge >= 0.3 is 0 Å². The van der Waals surface area contributed by atoms with Crippen LogP contribution >= 0.6 is 0 Å². The van der Waals surface area contributed by atoms with Gasteiger partial charge < -0.3 is 5.32 Å². The van der Waals surface area contributed by atoms with Crippen LogP contribution in [0, 0.1) is 0 Å². The van der Waals surface area contributed by atoms with Crippen molar-refractivity contribution >= 4 is 11.9 Å². The van der Waals surface area contributed by atoms with Crippen molar-refractivity contribution in [3.63, 3.8) is 0 Å². The van der Waals surface area contributed by atoms with Crippen molar-refractivity contribution in [2.24, 2.45) is 7.05 Å². The van der Waals surface area contributed by atoms with E-state index in [-0.39, 0.29) is 0 Å². The molecule has 2 aromatic heterocycles. The zero-order chi connectivity index (χ0) is 11.2. The largest absolute Gasteiger partial charge is 0.347 e. The molecule has 0 aliphatic heterocycles. The topological polar surface area (TPSA) is 28.8 Å². The van der Waals surface area contributed by atoms with Crippen LogP contribution in [0.5, 0.6) is 0 Å². The predicted molar refractivity (Wildman–Crippen MR) is 64.5 cm³/mol. The Hall–Kier alpha value is -2.16. The van der Waals surface area contributed by atoms with Crippen LogP contribution in [0.2, 0.25) is 0 Å². The SMILES string of the molecule is C[n+]1ccc(C=CNc2ccccn2)cc1. The van der Waals surface area contributed by atoms with E-state index in [2.05, 4.69) is 22.4 Å². The fraction of sp³-hybridized carbons (Fsp3) is 0.0769. The Morgan fingerprint density at radius 1 is 1.19 bits per heavy atom. The van der Waals surface area contributed by atoms with E-state index in [0.29, 0.717) is 0 Å². The van der Waals surface area contributed by atoms with E-state index in [0.717, 1.165) is 11.4 Å². The minimum atomic E-state index is 0.847. The summed E-state index contributed by atoms with van der Waals surface area (Å²) >= 11 is 0. The van der Waals surface area contributed by atoms with Crippen LogP contribution in [0.15, 0.2) is 55.1 Å². The Morgan fingerprint density at radius 3 is 2.69 bits per heavy atom. The summed E-state index contributed by atoms with van der Waals surface area (Å²) in [5.74, 6) is 0.847. The molecule has 16 heavy (non-hydrogen) atoms. The second kappa shape index (κ2) is 5.07. The van der Waals surface area contributed by atoms with E-state index in [9.17, 15) is 0 Å². The van der Waals surface area contributed by atoms with Gasteiger partial charge in [-0.1, -0.05) is 6.07 Å². The highest BCUT2D eigenvalue weighted by Gasteiger charge is 1.91. The molecule has 0 aliphatic rings. The molecule has 0 amide bonds. The van der Waals surface area contributed by atoms with E-state index >= 15 is 0 Å². The lowest BCUT2D eigenvalue weighted by molar-refractivity contribution is -0.671. The molecule has 0 aliphatic carbocycles. The molecular weight excluding hydrogens is 198 g/mol. The Morgan fingerprint density at radius 2 is 2.00 bits per heavy atom. The van der Waals surface area contributed by atoms with Crippen molar-refractivity contribution in [2.45, 2.75) is 0 Å². The van der Waals surface area contributed by atoms with Crippen LogP contribution < -0.4 is 9.88 Å². The van der Waals surface area contributed by atoms with Gasteiger partial charge in [-0.2, -0.15) is 0 Å². The zero-order valence-electron chi connectivity index (χ0n) is 9.17. The third-order valence-electron chi connectivity index (χ3n) is 2.18. The highest BCUT2D eigenvalue weighted by Crippen LogP contribution is 2.02. The fourth-order valence-electron chi connectivity index (χ4n) is 1.30. The molecule has 0 atom stereocenters. The zero-order valence-corrected chi connectivity index (χ0v) is 9.17. The van der Waals surface area contributed by atoms with E-state index in [4.69, 9.17) is 0 Å². The summed E-state index contributed by atoms with van der Waals surface area (Å²) in [5, 5.41) is 3.11. The third kappa shape index (κ3) is 2.92. The van der Waals surface area contributed by atoms with Crippen LogP contribution in [0.3, 0.4) is 0 Å². The van der Waals surface area contributed by atoms with Crippen LogP contribution in [0.25, 0.3) is 6.08 Å². The lowest BCUT2D eigenvalue weighted by Crippen LogP contribution is -2.25. The Balaban J connectivity index is 1.98. The first-order valence-corrected chi connectivity index (χ1v) is 5.14. The number of aryl methyl sites for hydroxylation is 1. The Kier molecular flexibility index (Phi) is 3.28. The third-order valence-corrected chi connectivity index (χ3v) is 2.18. The molecule has 0 saturated heterocycles. The van der Waals surface area contributed by atoms with E-state index in [1.807, 2.05) is 54.5 Å². The summed E-state index contributed by atoms with van der Waals surface area (Å²) < 4.78 is 2.00. The molecule has 2 rings (SSSR count). The summed E-state index contributed by atoms with van der Waals surface area (Å²) in [6.45, 7) is 0. The minimum absolute atomic E-state index is 0.847. The average molecular weight is 212 g/mol. The number of pyridine rings is 2. The quantitative estimate of drug-likeness (QED) is 0.788. The van der Waals surface area contributed by atoms with Crippen LogP contribution in [0.1, 0.15) is 5.56 Å². The number of nitrogens with one attached hydrogen (secondary N) is 1. The molecule has 0 bridgehead atoms. The van der Waals surface area contributed by atoms with Crippen molar-refractivity contribution in [1.82, 2.24) is 4.98 Å². The van der Waals surface area contributed by atoms with Crippen LogP contribution in [-0.2, 0) is 7.05 Å². The molecule has 0 unspecified atom stereocenters. The van der Waals surface area contributed by atoms with Crippen molar-refractivity contribution in [3.05, 3.63) is 60.7 Å². The summed E-state index contributed by atoms with van der Waals surface area (Å²) in [5.41, 5.74) is 1.15. The molecule has 0 aromatic carbocycles. The van der Waals surface area contributed by atoms with E-state index < -0.39 is 0 Å². The maximum absolute atomic E-state index is 4.16. The molecule has 1 N–H and O–H groups in total. The number of hydrogen-bond donors (Lipinski definition) is 1. The molecule has 3 nitrogen and oxygen atoms in total. The maximum atomic E-state index is 4.16. The molecule has 0 radical (unpaired) electrons. The van der Waals surface area contributed by atoms with Gasteiger partial charge in [0.2, 0.25) is 0 Å². The number of anilines is 1. The van der Waals surface area contributed by atoms with Crippen LogP contribution in [0.4, 0.5) is 5.82 Å². The second-order valence-corrected chi connectivity index (χ2v) is 3.49. The smallest absolute Gasteiger partial charge is 0.169 e. The van der Waals surface area contributed by atoms with Gasteiger partial charge in [0.1, 0.15) is 12.9 Å². The van der Waals surface area contributed by atoms with E-state index in [1.54, 1.807) is 6.20 Å². The Labute approximate surface area is 95.1 Å². The molecule has 2 aromatic rings. The van der Waals surface area contributed by atoms with Crippen molar-refractivity contribution in [1.29, 1.82) is 0 Å². The van der Waals surface area contributed by atoms with Gasteiger partial charge in [-0.05, 0) is 23.8 Å². The van der Waals surface area contributed by atoms with Crippen molar-refractivity contribution < 1.29 is 4.57 Å². The van der Waals surface area contributed by atoms with Crippen molar-refractivity contribution in [3.8, 4) is 0 Å². The van der Waals surface area contributed by atoms with Gasteiger partial charge in [0.15, 0.2) is 12.4 Å². The lowest BCUT2D eigenvalue weighted by atomic mass is 10.2. The summed E-state index contributed by atoms with van der Waals surface area (Å²) in [7, 11) is 2.00. The first-order chi connectivity index (χ1) is 7.84. The minimum Gasteiger partial charge on any atom is -0.347 e. The van der Waals surface area contributed by atoms with Gasteiger partial charge in [-0.3, -0.25) is 0 Å². The number of nitrogens with zero attached hydrogens (tertiary/aromatic N) is 2. The molecule has 80 valence electrons. The average Bonchev–Trinajstić information content (AvgIpc) is 2.33. The monoisotopic (exact) mass is 212 g/mol. The van der Waals surface area contributed by atoms with Gasteiger partial charge in [-0.25, -0.2) is 9.55 Å².